The van der Waals surface area contributed by atoms with Gasteiger partial charge in [0.25, 0.3) is 5.91 Å². The highest BCUT2D eigenvalue weighted by atomic mass is 16.5. The first-order chi connectivity index (χ1) is 16.4. The molecule has 178 valence electrons. The van der Waals surface area contributed by atoms with Gasteiger partial charge in [-0.2, -0.15) is 0 Å². The number of aliphatic hydroxyl groups excluding tert-OH is 1. The number of rotatable bonds is 3. The molecule has 2 aliphatic heterocycles. The van der Waals surface area contributed by atoms with Crippen molar-refractivity contribution in [1.82, 2.24) is 24.3 Å². The minimum atomic E-state index is -0.416. The normalized spacial score (nSPS) is 19.4. The second-order valence-corrected chi connectivity index (χ2v) is 9.21. The predicted molar refractivity (Wildman–Crippen MR) is 126 cm³/mol. The molecule has 2 amide bonds. The Morgan fingerprint density at radius 3 is 2.62 bits per heavy atom. The monoisotopic (exact) mass is 463 g/mol. The van der Waals surface area contributed by atoms with Crippen molar-refractivity contribution in [2.45, 2.75) is 31.2 Å². The highest BCUT2D eigenvalue weighted by Gasteiger charge is 2.49. The molecule has 1 aromatic carbocycles. The zero-order chi connectivity index (χ0) is 24.0. The number of benzene rings is 1. The Morgan fingerprint density at radius 2 is 2.00 bits per heavy atom. The number of nitrogens with zero attached hydrogens (tertiary/aromatic N) is 5. The summed E-state index contributed by atoms with van der Waals surface area (Å²) in [6.07, 6.45) is 5.98. The number of likely N-dealkylation sites (tertiary alicyclic amines) is 1. The van der Waals surface area contributed by atoms with Gasteiger partial charge in [-0.15, -0.1) is 0 Å². The van der Waals surface area contributed by atoms with Crippen LogP contribution in [0.25, 0.3) is 10.9 Å². The molecule has 34 heavy (non-hydrogen) atoms. The standard InChI is InChI=1S/C25H29N5O4/c1-16(32)30-15-25(6-10-29(11-7-25)24(33)19-13-26-8-9-27-19)22-18-5-4-17(34-3)12-20(18)28(2)23(22)21(30)14-31/h4-5,8-9,12-13,21,31H,6-7,10-11,14-15H2,1-3H3/t21-/m1/s1. The smallest absolute Gasteiger partial charge is 0.274 e. The fourth-order valence-corrected chi connectivity index (χ4v) is 5.81. The Morgan fingerprint density at radius 1 is 1.24 bits per heavy atom. The molecule has 0 aliphatic carbocycles. The number of amides is 2. The first-order valence-corrected chi connectivity index (χ1v) is 11.5. The molecule has 1 atom stereocenters. The van der Waals surface area contributed by atoms with Crippen LogP contribution in [0.5, 0.6) is 5.75 Å². The molecule has 1 spiro atoms. The minimum absolute atomic E-state index is 0.0648. The van der Waals surface area contributed by atoms with Gasteiger partial charge in [-0.05, 0) is 30.5 Å². The van der Waals surface area contributed by atoms with Gasteiger partial charge in [0, 0.05) is 68.6 Å². The van der Waals surface area contributed by atoms with Crippen LogP contribution in [0.4, 0.5) is 0 Å². The molecule has 2 aliphatic rings. The van der Waals surface area contributed by atoms with E-state index in [1.165, 1.54) is 18.0 Å². The second kappa shape index (κ2) is 8.39. The lowest BCUT2D eigenvalue weighted by atomic mass is 9.68. The maximum atomic E-state index is 13.0. The maximum absolute atomic E-state index is 13.0. The van der Waals surface area contributed by atoms with Crippen LogP contribution in [0.1, 0.15) is 47.6 Å². The van der Waals surface area contributed by atoms with E-state index < -0.39 is 6.04 Å². The van der Waals surface area contributed by atoms with Gasteiger partial charge < -0.3 is 24.2 Å². The van der Waals surface area contributed by atoms with E-state index in [2.05, 4.69) is 20.6 Å². The third-order valence-corrected chi connectivity index (χ3v) is 7.52. The maximum Gasteiger partial charge on any atom is 0.274 e. The predicted octanol–water partition coefficient (Wildman–Crippen LogP) is 2.05. The largest absolute Gasteiger partial charge is 0.497 e. The molecule has 3 aromatic rings. The number of piperidine rings is 1. The molecule has 9 nitrogen and oxygen atoms in total. The van der Waals surface area contributed by atoms with Crippen molar-refractivity contribution in [3.8, 4) is 5.75 Å². The summed E-state index contributed by atoms with van der Waals surface area (Å²) >= 11 is 0. The lowest BCUT2D eigenvalue weighted by molar-refractivity contribution is -0.135. The summed E-state index contributed by atoms with van der Waals surface area (Å²) in [5.74, 6) is 0.566. The van der Waals surface area contributed by atoms with E-state index in [1.54, 1.807) is 25.1 Å². The molecule has 5 rings (SSSR count). The van der Waals surface area contributed by atoms with E-state index in [9.17, 15) is 14.7 Å². The van der Waals surface area contributed by atoms with Crippen LogP contribution in [0.15, 0.2) is 36.8 Å². The zero-order valence-electron chi connectivity index (χ0n) is 19.7. The molecular weight excluding hydrogens is 434 g/mol. The van der Waals surface area contributed by atoms with Gasteiger partial charge in [0.15, 0.2) is 0 Å². The molecule has 0 radical (unpaired) electrons. The van der Waals surface area contributed by atoms with E-state index in [-0.39, 0.29) is 23.8 Å². The minimum Gasteiger partial charge on any atom is -0.497 e. The van der Waals surface area contributed by atoms with Crippen LogP contribution in [0, 0.1) is 0 Å². The SMILES string of the molecule is COc1ccc2c3c(n(C)c2c1)[C@@H](CO)N(C(C)=O)CC31CCN(C(=O)c2cnccn2)CC1. The molecule has 1 fully saturated rings. The van der Waals surface area contributed by atoms with E-state index in [0.717, 1.165) is 22.3 Å². The number of hydrogen-bond donors (Lipinski definition) is 1. The van der Waals surface area contributed by atoms with Crippen LogP contribution >= 0.6 is 0 Å². The quantitative estimate of drug-likeness (QED) is 0.638. The highest BCUT2D eigenvalue weighted by Crippen LogP contribution is 2.50. The molecule has 0 unspecified atom stereocenters. The van der Waals surface area contributed by atoms with Crippen molar-refractivity contribution in [1.29, 1.82) is 0 Å². The fourth-order valence-electron chi connectivity index (χ4n) is 5.81. The average molecular weight is 464 g/mol. The van der Waals surface area contributed by atoms with Crippen molar-refractivity contribution < 1.29 is 19.4 Å². The third kappa shape index (κ3) is 3.34. The summed E-state index contributed by atoms with van der Waals surface area (Å²) in [6.45, 7) is 3.02. The van der Waals surface area contributed by atoms with Gasteiger partial charge in [0.2, 0.25) is 5.91 Å². The molecular formula is C25H29N5O4. The number of carbonyl (C=O) groups excluding carboxylic acids is 2. The average Bonchev–Trinajstić information content (AvgIpc) is 3.17. The lowest BCUT2D eigenvalue weighted by Crippen LogP contribution is -2.55. The summed E-state index contributed by atoms with van der Waals surface area (Å²) in [7, 11) is 3.62. The van der Waals surface area contributed by atoms with Crippen LogP contribution in [-0.2, 0) is 17.3 Å². The number of aliphatic hydroxyl groups is 1. The molecule has 1 N–H and O–H groups in total. The Bertz CT molecular complexity index is 1250. The number of hydrogen-bond acceptors (Lipinski definition) is 6. The Labute approximate surface area is 198 Å². The van der Waals surface area contributed by atoms with E-state index in [0.29, 0.717) is 38.2 Å². The van der Waals surface area contributed by atoms with Gasteiger partial charge in [-0.1, -0.05) is 0 Å². The van der Waals surface area contributed by atoms with Crippen LogP contribution in [0.2, 0.25) is 0 Å². The van der Waals surface area contributed by atoms with Crippen molar-refractivity contribution in [3.05, 3.63) is 53.7 Å². The lowest BCUT2D eigenvalue weighted by Gasteiger charge is -2.50. The molecule has 2 aromatic heterocycles. The molecule has 1 saturated heterocycles. The Balaban J connectivity index is 1.59. The first-order valence-electron chi connectivity index (χ1n) is 11.5. The second-order valence-electron chi connectivity index (χ2n) is 9.21. The highest BCUT2D eigenvalue weighted by molar-refractivity contribution is 5.92. The Hall–Kier alpha value is -3.46. The van der Waals surface area contributed by atoms with Crippen LogP contribution in [0.3, 0.4) is 0 Å². The summed E-state index contributed by atoms with van der Waals surface area (Å²) in [5, 5.41) is 11.4. The molecule has 0 saturated carbocycles. The van der Waals surface area contributed by atoms with E-state index in [4.69, 9.17) is 4.74 Å². The summed E-state index contributed by atoms with van der Waals surface area (Å²) in [5.41, 5.74) is 3.16. The summed E-state index contributed by atoms with van der Waals surface area (Å²) < 4.78 is 7.54. The number of aryl methyl sites for hydroxylation is 1. The third-order valence-electron chi connectivity index (χ3n) is 7.52. The van der Waals surface area contributed by atoms with Crippen LogP contribution < -0.4 is 4.74 Å². The number of fused-ring (bicyclic) bond motifs is 4. The molecule has 9 heteroatoms. The number of methoxy groups -OCH3 is 1. The van der Waals surface area contributed by atoms with Crippen molar-refractivity contribution in [3.63, 3.8) is 0 Å². The van der Waals surface area contributed by atoms with Crippen molar-refractivity contribution >= 4 is 22.7 Å². The number of ether oxygens (including phenoxy) is 1. The van der Waals surface area contributed by atoms with Crippen LogP contribution in [-0.4, -0.2) is 74.6 Å². The van der Waals surface area contributed by atoms with Gasteiger partial charge in [0.1, 0.15) is 11.4 Å². The van der Waals surface area contributed by atoms with Gasteiger partial charge >= 0.3 is 0 Å². The van der Waals surface area contributed by atoms with E-state index in [1.807, 2.05) is 24.1 Å². The number of aromatic nitrogens is 3. The topological polar surface area (TPSA) is 101 Å². The fraction of sp³-hybridized carbons (Fsp3) is 0.440. The summed E-state index contributed by atoms with van der Waals surface area (Å²) in [6, 6.07) is 5.61. The zero-order valence-corrected chi connectivity index (χ0v) is 19.7. The molecule has 0 bridgehead atoms. The van der Waals surface area contributed by atoms with Crippen molar-refractivity contribution in [2.75, 3.05) is 33.4 Å². The van der Waals surface area contributed by atoms with Gasteiger partial charge in [-0.3, -0.25) is 14.6 Å². The number of carbonyl (C=O) groups is 2. The Kier molecular flexibility index (Phi) is 5.51. The van der Waals surface area contributed by atoms with Gasteiger partial charge in [-0.25, -0.2) is 4.98 Å². The first kappa shape index (κ1) is 22.3. The van der Waals surface area contributed by atoms with Gasteiger partial charge in [0.05, 0.1) is 31.5 Å². The van der Waals surface area contributed by atoms with Crippen molar-refractivity contribution in [2.24, 2.45) is 7.05 Å². The van der Waals surface area contributed by atoms with E-state index >= 15 is 0 Å². The molecule has 4 heterocycles. The summed E-state index contributed by atoms with van der Waals surface area (Å²) in [4.78, 5) is 37.5.